The lowest BCUT2D eigenvalue weighted by molar-refractivity contribution is 1.29. The fourth-order valence-electron chi connectivity index (χ4n) is 13.9. The van der Waals surface area contributed by atoms with Gasteiger partial charge in [0.1, 0.15) is 0 Å². The molecule has 7 nitrogen and oxygen atoms in total. The second-order valence-electron chi connectivity index (χ2n) is 26.0. The summed E-state index contributed by atoms with van der Waals surface area (Å²) in [6.45, 7) is 0. The number of pyridine rings is 7. The van der Waals surface area contributed by atoms with Gasteiger partial charge in [-0.1, -0.05) is 267 Å². The minimum atomic E-state index is 0.928. The maximum atomic E-state index is 5.06. The van der Waals surface area contributed by atoms with Crippen LogP contribution in [0.5, 0.6) is 0 Å². The zero-order valence-electron chi connectivity index (χ0n) is 57.8. The van der Waals surface area contributed by atoms with E-state index < -0.39 is 0 Å². The highest BCUT2D eigenvalue weighted by Gasteiger charge is 2.17. The molecule has 0 radical (unpaired) electrons. The Hall–Kier alpha value is -14.3. The van der Waals surface area contributed by atoms with Crippen molar-refractivity contribution in [2.24, 2.45) is 0 Å². The molecule has 0 aliphatic rings. The van der Waals surface area contributed by atoms with Crippen LogP contribution in [-0.4, -0.2) is 34.9 Å². The van der Waals surface area contributed by atoms with Crippen LogP contribution in [-0.2, 0) is 0 Å². The number of hydrogen-bond donors (Lipinski definition) is 0. The highest BCUT2D eigenvalue weighted by Crippen LogP contribution is 2.41. The van der Waals surface area contributed by atoms with Crippen molar-refractivity contribution in [3.05, 3.63) is 407 Å². The van der Waals surface area contributed by atoms with Crippen LogP contribution in [0, 0.1) is 0 Å². The van der Waals surface area contributed by atoms with Crippen LogP contribution in [0.3, 0.4) is 0 Å². The van der Waals surface area contributed by atoms with E-state index in [9.17, 15) is 0 Å². The fraction of sp³-hybridized carbons (Fsp3) is 0. The molecule has 0 N–H and O–H groups in total. The summed E-state index contributed by atoms with van der Waals surface area (Å²) >= 11 is 0. The lowest BCUT2D eigenvalue weighted by Gasteiger charge is -2.13. The van der Waals surface area contributed by atoms with E-state index in [0.717, 1.165) is 105 Å². The average Bonchev–Trinajstić information content (AvgIpc) is 0.778. The first-order chi connectivity index (χ1) is 52.5. The van der Waals surface area contributed by atoms with Crippen molar-refractivity contribution in [2.75, 3.05) is 0 Å². The highest BCUT2D eigenvalue weighted by molar-refractivity contribution is 6.03. The minimum Gasteiger partial charge on any atom is -0.265 e. The molecule has 0 aliphatic carbocycles. The number of aromatic nitrogens is 7. The first-order valence-electron chi connectivity index (χ1n) is 35.5. The first-order valence-corrected chi connectivity index (χ1v) is 35.5. The monoisotopic (exact) mass is 1350 g/mol. The molecule has 19 rings (SSSR count). The van der Waals surface area contributed by atoms with Crippen molar-refractivity contribution in [3.8, 4) is 134 Å². The van der Waals surface area contributed by atoms with Crippen LogP contribution in [0.4, 0.5) is 0 Å². The number of rotatable bonds is 12. The smallest absolute Gasteiger partial charge is 0.0716 e. The third-order valence-electron chi connectivity index (χ3n) is 19.3. The molecule has 7 aromatic heterocycles. The van der Waals surface area contributed by atoms with Crippen molar-refractivity contribution < 1.29 is 0 Å². The van der Waals surface area contributed by atoms with E-state index in [1.165, 1.54) is 72.3 Å². The van der Waals surface area contributed by atoms with Crippen molar-refractivity contribution in [2.45, 2.75) is 0 Å². The van der Waals surface area contributed by atoms with Gasteiger partial charge in [-0.15, -0.1) is 0 Å². The Bertz CT molecular complexity index is 6250. The molecule has 0 unspecified atom stereocenters. The lowest BCUT2D eigenvalue weighted by Crippen LogP contribution is -1.92. The van der Waals surface area contributed by atoms with E-state index >= 15 is 0 Å². The van der Waals surface area contributed by atoms with Crippen molar-refractivity contribution in [1.29, 1.82) is 0 Å². The topological polar surface area (TPSA) is 90.2 Å². The van der Waals surface area contributed by atoms with Crippen LogP contribution >= 0.6 is 0 Å². The summed E-state index contributed by atoms with van der Waals surface area (Å²) in [6.07, 6.45) is 11.1. The maximum absolute atomic E-state index is 5.06. The Morgan fingerprint density at radius 2 is 0.481 bits per heavy atom. The highest BCUT2D eigenvalue weighted by atomic mass is 14.7. The van der Waals surface area contributed by atoms with Gasteiger partial charge in [-0.25, -0.2) is 15.0 Å². The molecule has 12 aromatic carbocycles. The molecular formula is C99H67N7. The van der Waals surface area contributed by atoms with Gasteiger partial charge in [0.25, 0.3) is 0 Å². The summed E-state index contributed by atoms with van der Waals surface area (Å²) in [4.78, 5) is 32.7. The van der Waals surface area contributed by atoms with Crippen molar-refractivity contribution >= 4 is 43.6 Å². The average molecular weight is 1350 g/mol. The van der Waals surface area contributed by atoms with E-state index in [-0.39, 0.29) is 0 Å². The molecule has 0 atom stereocenters. The number of nitrogens with zero attached hydrogens (tertiary/aromatic N) is 7. The normalized spacial score (nSPS) is 11.0. The van der Waals surface area contributed by atoms with E-state index in [2.05, 4.69) is 312 Å². The zero-order chi connectivity index (χ0) is 70.8. The predicted molar refractivity (Wildman–Crippen MR) is 439 cm³/mol. The van der Waals surface area contributed by atoms with E-state index in [4.69, 9.17) is 19.9 Å². The Labute approximate surface area is 616 Å². The SMILES string of the molecule is c1ccc(-c2ccc3nc(-c4ccccc4)cc(-c4ccc(-c5ccnc6ccccc56)cc4)c3c2)cc1.c1ccc(-c2ccc3nc(-c4ccccc4)cc(-c4ccc(-c5ccncc5)nc4)c3c2)cc1.c1ccc(-c2ccc3nc(-c4ccccc4)cc(-c4cccc(-c5ccncc5)c4)c3c2)cc1. The minimum absolute atomic E-state index is 0.928. The number of benzene rings is 12. The van der Waals surface area contributed by atoms with Gasteiger partial charge in [-0.2, -0.15) is 0 Å². The van der Waals surface area contributed by atoms with Gasteiger partial charge in [0, 0.05) is 86.5 Å². The van der Waals surface area contributed by atoms with E-state index in [1.54, 1.807) is 12.4 Å². The van der Waals surface area contributed by atoms with Crippen LogP contribution in [0.15, 0.2) is 407 Å². The summed E-state index contributed by atoms with van der Waals surface area (Å²) in [5.74, 6) is 0. The molecule has 0 amide bonds. The second-order valence-corrected chi connectivity index (χ2v) is 26.0. The molecule has 106 heavy (non-hydrogen) atoms. The quantitative estimate of drug-likeness (QED) is 0.120. The lowest BCUT2D eigenvalue weighted by atomic mass is 9.93. The first kappa shape index (κ1) is 65.1. The van der Waals surface area contributed by atoms with Gasteiger partial charge in [0.2, 0.25) is 0 Å². The van der Waals surface area contributed by atoms with E-state index in [1.807, 2.05) is 97.6 Å². The standard InChI is InChI=1S/C36H24N2.C32H22N2.C31H21N3/c1-3-9-25(10-4-1)29-19-20-35-33(23-29)32(24-36(38-35)28-11-5-2-6-12-28)27-17-15-26(16-18-27)30-21-22-37-34-14-8-7-13-31(30)34;1-3-8-23(9-4-1)27-14-15-31-30(21-27)29(22-32(34-31)25-10-5-2-6-11-25)28-13-7-12-26(20-28)24-16-18-33-19-17-24;1-3-7-22(8-4-1)25-11-14-30-28(19-25)27(20-31(34-30)23-9-5-2-6-10-23)26-12-13-29(33-21-26)24-15-17-32-18-16-24/h1-24H;1-22H;1-21H. The molecule has 498 valence electrons. The Balaban J connectivity index is 0.000000117. The molecule has 0 spiro atoms. The molecule has 0 saturated carbocycles. The molecule has 0 fully saturated rings. The Morgan fingerprint density at radius 3 is 0.925 bits per heavy atom. The number of hydrogen-bond acceptors (Lipinski definition) is 7. The third kappa shape index (κ3) is 14.1. The molecule has 0 aliphatic heterocycles. The second kappa shape index (κ2) is 30.1. The van der Waals surface area contributed by atoms with Crippen LogP contribution in [0.25, 0.3) is 178 Å². The summed E-state index contributed by atoms with van der Waals surface area (Å²) in [6, 6.07) is 129. The fourth-order valence-corrected chi connectivity index (χ4v) is 13.9. The van der Waals surface area contributed by atoms with Gasteiger partial charge in [-0.05, 0) is 187 Å². The maximum Gasteiger partial charge on any atom is 0.0716 e. The van der Waals surface area contributed by atoms with Crippen molar-refractivity contribution in [1.82, 2.24) is 34.9 Å². The molecule has 19 aromatic rings. The predicted octanol–water partition coefficient (Wildman–Crippen LogP) is 25.4. The van der Waals surface area contributed by atoms with Gasteiger partial charge in [0.15, 0.2) is 0 Å². The molecule has 7 heterocycles. The van der Waals surface area contributed by atoms with Crippen LogP contribution < -0.4 is 0 Å². The summed E-state index contributed by atoms with van der Waals surface area (Å²) in [5.41, 5.74) is 30.9. The van der Waals surface area contributed by atoms with Gasteiger partial charge in [-0.3, -0.25) is 19.9 Å². The molecule has 7 heteroatoms. The summed E-state index contributed by atoms with van der Waals surface area (Å²) in [5, 5.41) is 4.57. The van der Waals surface area contributed by atoms with Crippen LogP contribution in [0.2, 0.25) is 0 Å². The summed E-state index contributed by atoms with van der Waals surface area (Å²) < 4.78 is 0. The van der Waals surface area contributed by atoms with Gasteiger partial charge >= 0.3 is 0 Å². The molecule has 0 bridgehead atoms. The number of para-hydroxylation sites is 1. The van der Waals surface area contributed by atoms with Crippen molar-refractivity contribution in [3.63, 3.8) is 0 Å². The molecular weight excluding hydrogens is 1290 g/mol. The Morgan fingerprint density at radius 1 is 0.151 bits per heavy atom. The van der Waals surface area contributed by atoms with Gasteiger partial charge < -0.3 is 0 Å². The van der Waals surface area contributed by atoms with Gasteiger partial charge in [0.05, 0.1) is 44.8 Å². The van der Waals surface area contributed by atoms with Crippen LogP contribution in [0.1, 0.15) is 0 Å². The molecule has 0 saturated heterocycles. The largest absolute Gasteiger partial charge is 0.265 e. The summed E-state index contributed by atoms with van der Waals surface area (Å²) in [7, 11) is 0. The van der Waals surface area contributed by atoms with E-state index in [0.29, 0.717) is 0 Å². The third-order valence-corrected chi connectivity index (χ3v) is 19.3. The zero-order valence-corrected chi connectivity index (χ0v) is 57.8. The number of fused-ring (bicyclic) bond motifs is 4. The Kier molecular flexibility index (Phi) is 18.5.